The Kier molecular flexibility index (Phi) is 3.48. The molecule has 1 aliphatic carbocycles. The summed E-state index contributed by atoms with van der Waals surface area (Å²) in [5, 5.41) is 16.5. The molecule has 0 spiro atoms. The first-order valence-corrected chi connectivity index (χ1v) is 7.35. The van der Waals surface area contributed by atoms with Crippen LogP contribution in [-0.4, -0.2) is 28.6 Å². The van der Waals surface area contributed by atoms with E-state index in [1.807, 2.05) is 26.0 Å². The minimum atomic E-state index is -0.469. The second-order valence-corrected chi connectivity index (χ2v) is 6.00. The van der Waals surface area contributed by atoms with Gasteiger partial charge in [-0.25, -0.2) is 0 Å². The molecule has 1 aliphatic rings. The minimum absolute atomic E-state index is 0.0330. The number of methoxy groups -OCH3 is 1. The number of hydrogen-bond acceptors (Lipinski definition) is 4. The van der Waals surface area contributed by atoms with Crippen LogP contribution in [0.4, 0.5) is 0 Å². The molecular weight excluding hydrogens is 280 g/mol. The van der Waals surface area contributed by atoms with Crippen LogP contribution in [0.1, 0.15) is 24.0 Å². The van der Waals surface area contributed by atoms with Crippen molar-refractivity contribution in [3.05, 3.63) is 39.1 Å². The van der Waals surface area contributed by atoms with Crippen LogP contribution >= 0.6 is 0 Å². The van der Waals surface area contributed by atoms with E-state index < -0.39 is 5.56 Å². The van der Waals surface area contributed by atoms with Gasteiger partial charge in [0, 0.05) is 13.0 Å². The van der Waals surface area contributed by atoms with Gasteiger partial charge < -0.3 is 9.72 Å². The van der Waals surface area contributed by atoms with Gasteiger partial charge in [-0.3, -0.25) is 20.2 Å². The molecule has 0 radical (unpaired) electrons. The predicted molar refractivity (Wildman–Crippen MR) is 84.5 cm³/mol. The van der Waals surface area contributed by atoms with Crippen molar-refractivity contribution in [1.29, 1.82) is 10.8 Å². The van der Waals surface area contributed by atoms with E-state index in [0.29, 0.717) is 16.9 Å². The Balaban J connectivity index is 2.17. The number of fused-ring (bicyclic) bond motifs is 1. The predicted octanol–water partition coefficient (Wildman–Crippen LogP) is 1.68. The van der Waals surface area contributed by atoms with Gasteiger partial charge in [0.05, 0.1) is 17.1 Å². The first-order chi connectivity index (χ1) is 10.4. The van der Waals surface area contributed by atoms with Crippen molar-refractivity contribution in [2.45, 2.75) is 32.8 Å². The van der Waals surface area contributed by atoms with Crippen LogP contribution in [0, 0.1) is 30.6 Å². The summed E-state index contributed by atoms with van der Waals surface area (Å²) in [6.45, 7) is 3.97. The van der Waals surface area contributed by atoms with Crippen molar-refractivity contribution in [2.75, 3.05) is 7.11 Å². The fraction of sp³-hybridized carbons (Fsp3) is 0.438. The number of aromatic amines is 1. The van der Waals surface area contributed by atoms with E-state index >= 15 is 0 Å². The van der Waals surface area contributed by atoms with E-state index in [2.05, 4.69) is 4.98 Å². The Morgan fingerprint density at radius 2 is 1.95 bits per heavy atom. The maximum Gasteiger partial charge on any atom is 0.291 e. The van der Waals surface area contributed by atoms with Gasteiger partial charge in [0.2, 0.25) is 0 Å². The molecule has 2 aromatic rings. The molecule has 3 rings (SSSR count). The van der Waals surface area contributed by atoms with Crippen molar-refractivity contribution < 1.29 is 4.74 Å². The lowest BCUT2D eigenvalue weighted by molar-refractivity contribution is 0.0210. The molecule has 0 unspecified atom stereocenters. The van der Waals surface area contributed by atoms with Gasteiger partial charge in [-0.15, -0.1) is 0 Å². The van der Waals surface area contributed by atoms with Crippen molar-refractivity contribution in [2.24, 2.45) is 5.92 Å². The van der Waals surface area contributed by atoms with E-state index in [1.54, 1.807) is 7.11 Å². The zero-order chi connectivity index (χ0) is 16.0. The monoisotopic (exact) mass is 300 g/mol. The van der Waals surface area contributed by atoms with Crippen LogP contribution in [0.2, 0.25) is 0 Å². The van der Waals surface area contributed by atoms with Crippen LogP contribution in [0.25, 0.3) is 11.0 Å². The van der Waals surface area contributed by atoms with Crippen LogP contribution in [0.5, 0.6) is 0 Å². The Hall–Kier alpha value is -2.21. The van der Waals surface area contributed by atoms with Crippen LogP contribution in [-0.2, 0) is 4.74 Å². The molecule has 0 bridgehead atoms. The van der Waals surface area contributed by atoms with Gasteiger partial charge >= 0.3 is 0 Å². The number of aryl methyl sites for hydroxylation is 2. The van der Waals surface area contributed by atoms with Crippen molar-refractivity contribution >= 4 is 16.9 Å². The van der Waals surface area contributed by atoms with Gasteiger partial charge in [-0.05, 0) is 49.9 Å². The van der Waals surface area contributed by atoms with Crippen LogP contribution < -0.4 is 11.0 Å². The lowest BCUT2D eigenvalue weighted by atomic mass is 9.81. The molecule has 1 saturated carbocycles. The van der Waals surface area contributed by atoms with Gasteiger partial charge in [-0.2, -0.15) is 0 Å². The Morgan fingerprint density at radius 3 is 2.59 bits per heavy atom. The average molecular weight is 300 g/mol. The topological polar surface area (TPSA) is 94.7 Å². The number of hydrogen-bond donors (Lipinski definition) is 3. The van der Waals surface area contributed by atoms with Crippen molar-refractivity contribution in [1.82, 2.24) is 9.55 Å². The molecule has 6 nitrogen and oxygen atoms in total. The highest BCUT2D eigenvalue weighted by molar-refractivity contribution is 5.93. The standard InChI is InChI=1S/C16H20N4O2/c1-8-4-12-13(5-9(8)2)20(15(18)16(21)19-12)14(17)10-6-11(7-10)22-3/h4-5,10-11,17-18H,6-7H2,1-3H3,(H,19,21). The summed E-state index contributed by atoms with van der Waals surface area (Å²) in [4.78, 5) is 14.7. The van der Waals surface area contributed by atoms with E-state index in [1.165, 1.54) is 4.57 Å². The maximum atomic E-state index is 12.0. The first kappa shape index (κ1) is 14.7. The highest BCUT2D eigenvalue weighted by Crippen LogP contribution is 2.31. The summed E-state index contributed by atoms with van der Waals surface area (Å²) in [5.41, 5.74) is 2.85. The van der Waals surface area contributed by atoms with E-state index in [0.717, 1.165) is 24.0 Å². The molecule has 6 heteroatoms. The molecule has 1 aromatic heterocycles. The molecule has 1 heterocycles. The molecule has 0 amide bonds. The van der Waals surface area contributed by atoms with Crippen molar-refractivity contribution in [3.8, 4) is 0 Å². The SMILES string of the molecule is COC1CC(C(=N)n2c(=N)c(=O)[nH]c3cc(C)c(C)cc32)C1. The summed E-state index contributed by atoms with van der Waals surface area (Å²) >= 11 is 0. The summed E-state index contributed by atoms with van der Waals surface area (Å²) in [5.74, 6) is 0.336. The first-order valence-electron chi connectivity index (χ1n) is 7.35. The van der Waals surface area contributed by atoms with E-state index in [-0.39, 0.29) is 17.5 Å². The second kappa shape index (κ2) is 5.21. The lowest BCUT2D eigenvalue weighted by Crippen LogP contribution is -2.46. The number of nitrogens with one attached hydrogen (secondary N) is 3. The zero-order valence-corrected chi connectivity index (χ0v) is 13.0. The largest absolute Gasteiger partial charge is 0.381 e. The molecule has 0 saturated heterocycles. The van der Waals surface area contributed by atoms with E-state index in [4.69, 9.17) is 15.6 Å². The molecule has 3 N–H and O–H groups in total. The summed E-state index contributed by atoms with van der Waals surface area (Å²) in [7, 11) is 1.67. The fourth-order valence-electron chi connectivity index (χ4n) is 2.90. The van der Waals surface area contributed by atoms with Gasteiger partial charge in [-0.1, -0.05) is 0 Å². The fourth-order valence-corrected chi connectivity index (χ4v) is 2.90. The highest BCUT2D eigenvalue weighted by Gasteiger charge is 2.33. The molecule has 0 atom stereocenters. The normalized spacial score (nSPS) is 20.9. The number of H-pyrrole nitrogens is 1. The number of nitrogens with zero attached hydrogens (tertiary/aromatic N) is 1. The number of rotatable bonds is 2. The van der Waals surface area contributed by atoms with Gasteiger partial charge in [0.15, 0.2) is 5.49 Å². The molecule has 1 fully saturated rings. The van der Waals surface area contributed by atoms with E-state index in [9.17, 15) is 4.79 Å². The third-order valence-electron chi connectivity index (χ3n) is 4.60. The Morgan fingerprint density at radius 1 is 1.32 bits per heavy atom. The summed E-state index contributed by atoms with van der Waals surface area (Å²) < 4.78 is 6.73. The third-order valence-corrected chi connectivity index (χ3v) is 4.60. The number of aromatic nitrogens is 2. The zero-order valence-electron chi connectivity index (χ0n) is 13.0. The molecular formula is C16H20N4O2. The number of benzene rings is 1. The Labute approximate surface area is 127 Å². The quantitative estimate of drug-likeness (QED) is 0.581. The van der Waals surface area contributed by atoms with Crippen molar-refractivity contribution in [3.63, 3.8) is 0 Å². The third kappa shape index (κ3) is 2.20. The minimum Gasteiger partial charge on any atom is -0.381 e. The average Bonchev–Trinajstić information content (AvgIpc) is 2.41. The Bertz CT molecular complexity index is 872. The van der Waals surface area contributed by atoms with Crippen LogP contribution in [0.3, 0.4) is 0 Å². The number of ether oxygens (including phenoxy) is 1. The van der Waals surface area contributed by atoms with Gasteiger partial charge in [0.25, 0.3) is 5.56 Å². The molecule has 1 aromatic carbocycles. The summed E-state index contributed by atoms with van der Waals surface area (Å²) in [6, 6.07) is 3.83. The lowest BCUT2D eigenvalue weighted by Gasteiger charge is -2.35. The second-order valence-electron chi connectivity index (χ2n) is 6.00. The smallest absolute Gasteiger partial charge is 0.291 e. The molecule has 116 valence electrons. The van der Waals surface area contributed by atoms with Crippen LogP contribution in [0.15, 0.2) is 16.9 Å². The maximum absolute atomic E-state index is 12.0. The van der Waals surface area contributed by atoms with Gasteiger partial charge in [0.1, 0.15) is 5.84 Å². The molecule has 22 heavy (non-hydrogen) atoms. The highest BCUT2D eigenvalue weighted by atomic mass is 16.5. The molecule has 0 aliphatic heterocycles. The summed E-state index contributed by atoms with van der Waals surface area (Å²) in [6.07, 6.45) is 1.71.